The number of carbonyl (C=O) groups is 1. The minimum atomic E-state index is -3.66. The number of sulfonamides is 1. The Kier molecular flexibility index (Phi) is 8.51. The zero-order chi connectivity index (χ0) is 23.2. The number of carbonyl (C=O) groups excluding carboxylic acids is 1. The third-order valence-electron chi connectivity index (χ3n) is 5.23. The molecule has 2 atom stereocenters. The molecule has 2 aromatic rings. The number of anilines is 1. The van der Waals surface area contributed by atoms with Gasteiger partial charge in [0.2, 0.25) is 15.9 Å². The van der Waals surface area contributed by atoms with Crippen LogP contribution >= 0.6 is 0 Å². The number of ether oxygens (including phenoxy) is 1. The van der Waals surface area contributed by atoms with E-state index >= 15 is 0 Å². The van der Waals surface area contributed by atoms with E-state index < -0.39 is 16.1 Å². The average Bonchev–Trinajstić information content (AvgIpc) is 2.72. The van der Waals surface area contributed by atoms with E-state index in [0.29, 0.717) is 11.6 Å². The Morgan fingerprint density at radius 2 is 1.61 bits per heavy atom. The molecule has 0 heterocycles. The van der Waals surface area contributed by atoms with Crippen LogP contribution < -0.4 is 14.4 Å². The fraction of sp³-hybridized carbons (Fsp3) is 0.458. The SMILES string of the molecule is CCc1ccc(N(C(C)C(=O)NC(CC(C)C)c2ccc(OC)cc2)S(C)(=O)=O)cc1. The molecule has 0 spiro atoms. The largest absolute Gasteiger partial charge is 0.497 e. The fourth-order valence-corrected chi connectivity index (χ4v) is 4.74. The van der Waals surface area contributed by atoms with Crippen LogP contribution in [-0.2, 0) is 21.2 Å². The van der Waals surface area contributed by atoms with Crippen LogP contribution in [0.15, 0.2) is 48.5 Å². The van der Waals surface area contributed by atoms with Crippen molar-refractivity contribution in [3.8, 4) is 5.75 Å². The van der Waals surface area contributed by atoms with Crippen molar-refractivity contribution in [1.82, 2.24) is 5.32 Å². The molecule has 2 aromatic carbocycles. The lowest BCUT2D eigenvalue weighted by molar-refractivity contribution is -0.122. The van der Waals surface area contributed by atoms with E-state index in [2.05, 4.69) is 19.2 Å². The smallest absolute Gasteiger partial charge is 0.244 e. The summed E-state index contributed by atoms with van der Waals surface area (Å²) in [4.78, 5) is 13.2. The van der Waals surface area contributed by atoms with Crippen molar-refractivity contribution in [1.29, 1.82) is 0 Å². The van der Waals surface area contributed by atoms with E-state index in [1.807, 2.05) is 43.3 Å². The van der Waals surface area contributed by atoms with E-state index in [4.69, 9.17) is 4.74 Å². The molecule has 0 saturated carbocycles. The minimum absolute atomic E-state index is 0.232. The van der Waals surface area contributed by atoms with Crippen LogP contribution in [-0.4, -0.2) is 33.7 Å². The second-order valence-electron chi connectivity index (χ2n) is 8.22. The Balaban J connectivity index is 2.30. The molecule has 1 amide bonds. The third-order valence-corrected chi connectivity index (χ3v) is 6.47. The number of benzene rings is 2. The predicted octanol–water partition coefficient (Wildman–Crippen LogP) is 4.32. The lowest BCUT2D eigenvalue weighted by Gasteiger charge is -2.30. The van der Waals surface area contributed by atoms with Gasteiger partial charge in [-0.2, -0.15) is 0 Å². The topological polar surface area (TPSA) is 75.7 Å². The van der Waals surface area contributed by atoms with Gasteiger partial charge >= 0.3 is 0 Å². The Morgan fingerprint density at radius 3 is 2.06 bits per heavy atom. The van der Waals surface area contributed by atoms with E-state index in [1.54, 1.807) is 26.2 Å². The molecule has 170 valence electrons. The molecular weight excluding hydrogens is 412 g/mol. The highest BCUT2D eigenvalue weighted by atomic mass is 32.2. The molecule has 0 radical (unpaired) electrons. The number of rotatable bonds is 10. The van der Waals surface area contributed by atoms with Gasteiger partial charge in [0.25, 0.3) is 0 Å². The van der Waals surface area contributed by atoms with E-state index in [9.17, 15) is 13.2 Å². The first-order valence-electron chi connectivity index (χ1n) is 10.6. The van der Waals surface area contributed by atoms with Crippen LogP contribution in [0.4, 0.5) is 5.69 Å². The van der Waals surface area contributed by atoms with Crippen LogP contribution in [0.2, 0.25) is 0 Å². The molecule has 0 aromatic heterocycles. The Labute approximate surface area is 186 Å². The van der Waals surface area contributed by atoms with Gasteiger partial charge in [-0.15, -0.1) is 0 Å². The first kappa shape index (κ1) is 24.7. The monoisotopic (exact) mass is 446 g/mol. The van der Waals surface area contributed by atoms with Crippen molar-refractivity contribution in [3.05, 3.63) is 59.7 Å². The van der Waals surface area contributed by atoms with Gasteiger partial charge in [0.15, 0.2) is 0 Å². The molecule has 2 unspecified atom stereocenters. The number of aryl methyl sites for hydroxylation is 1. The molecule has 1 N–H and O–H groups in total. The van der Waals surface area contributed by atoms with Gasteiger partial charge in [0.05, 0.1) is 25.1 Å². The summed E-state index contributed by atoms with van der Waals surface area (Å²) in [5, 5.41) is 3.06. The molecule has 0 aliphatic rings. The molecule has 0 aliphatic heterocycles. The van der Waals surface area contributed by atoms with E-state index in [0.717, 1.165) is 36.0 Å². The number of hydrogen-bond acceptors (Lipinski definition) is 4. The Morgan fingerprint density at radius 1 is 1.03 bits per heavy atom. The van der Waals surface area contributed by atoms with Crippen molar-refractivity contribution in [2.45, 2.75) is 52.6 Å². The number of hydrogen-bond donors (Lipinski definition) is 1. The summed E-state index contributed by atoms with van der Waals surface area (Å²) in [7, 11) is -2.05. The van der Waals surface area contributed by atoms with Gasteiger partial charge in [0, 0.05) is 0 Å². The molecule has 6 nitrogen and oxygen atoms in total. The number of methoxy groups -OCH3 is 1. The van der Waals surface area contributed by atoms with Crippen molar-refractivity contribution in [2.24, 2.45) is 5.92 Å². The van der Waals surface area contributed by atoms with E-state index in [1.165, 1.54) is 4.31 Å². The Hall–Kier alpha value is -2.54. The highest BCUT2D eigenvalue weighted by Gasteiger charge is 2.30. The molecule has 2 rings (SSSR count). The second-order valence-corrected chi connectivity index (χ2v) is 10.1. The minimum Gasteiger partial charge on any atom is -0.497 e. The van der Waals surface area contributed by atoms with Crippen molar-refractivity contribution in [3.63, 3.8) is 0 Å². The van der Waals surface area contributed by atoms with Crippen LogP contribution in [0.1, 0.15) is 51.3 Å². The highest BCUT2D eigenvalue weighted by Crippen LogP contribution is 2.26. The maximum Gasteiger partial charge on any atom is 0.244 e. The summed E-state index contributed by atoms with van der Waals surface area (Å²) in [5.74, 6) is 0.743. The molecule has 0 saturated heterocycles. The molecule has 0 aliphatic carbocycles. The van der Waals surface area contributed by atoms with Crippen LogP contribution in [0, 0.1) is 5.92 Å². The molecular formula is C24H34N2O4S. The number of nitrogens with one attached hydrogen (secondary N) is 1. The predicted molar refractivity (Wildman–Crippen MR) is 126 cm³/mol. The van der Waals surface area contributed by atoms with E-state index in [-0.39, 0.29) is 11.9 Å². The molecule has 0 bridgehead atoms. The third kappa shape index (κ3) is 6.72. The first-order valence-corrected chi connectivity index (χ1v) is 12.4. The van der Waals surface area contributed by atoms with Gasteiger partial charge in [-0.05, 0) is 61.1 Å². The first-order chi connectivity index (χ1) is 14.6. The van der Waals surface area contributed by atoms with Gasteiger partial charge < -0.3 is 10.1 Å². The summed E-state index contributed by atoms with van der Waals surface area (Å²) in [6.07, 6.45) is 2.71. The summed E-state index contributed by atoms with van der Waals surface area (Å²) in [6.45, 7) is 7.83. The van der Waals surface area contributed by atoms with Gasteiger partial charge in [-0.3, -0.25) is 9.10 Å². The standard InChI is InChI=1S/C24H34N2O4S/c1-7-19-8-12-21(13-9-19)26(31(6,28)29)18(4)24(27)25-23(16-17(2)3)20-10-14-22(30-5)15-11-20/h8-15,17-18,23H,7,16H2,1-6H3,(H,25,27). The second kappa shape index (κ2) is 10.7. The van der Waals surface area contributed by atoms with Gasteiger partial charge in [-0.1, -0.05) is 45.0 Å². The zero-order valence-electron chi connectivity index (χ0n) is 19.3. The maximum absolute atomic E-state index is 13.2. The number of nitrogens with zero attached hydrogens (tertiary/aromatic N) is 1. The fourth-order valence-electron chi connectivity index (χ4n) is 3.57. The summed E-state index contributed by atoms with van der Waals surface area (Å²) in [6, 6.07) is 13.7. The van der Waals surface area contributed by atoms with Crippen molar-refractivity contribution < 1.29 is 17.9 Å². The average molecular weight is 447 g/mol. The van der Waals surface area contributed by atoms with Crippen molar-refractivity contribution >= 4 is 21.6 Å². The molecule has 7 heteroatoms. The van der Waals surface area contributed by atoms with Crippen LogP contribution in [0.25, 0.3) is 0 Å². The van der Waals surface area contributed by atoms with Crippen LogP contribution in [0.3, 0.4) is 0 Å². The zero-order valence-corrected chi connectivity index (χ0v) is 20.1. The van der Waals surface area contributed by atoms with Crippen molar-refractivity contribution in [2.75, 3.05) is 17.7 Å². The molecule has 0 fully saturated rings. The maximum atomic E-state index is 13.2. The summed E-state index contributed by atoms with van der Waals surface area (Å²) in [5.41, 5.74) is 2.53. The summed E-state index contributed by atoms with van der Waals surface area (Å²) >= 11 is 0. The highest BCUT2D eigenvalue weighted by molar-refractivity contribution is 7.92. The quantitative estimate of drug-likeness (QED) is 0.590. The van der Waals surface area contributed by atoms with Crippen LogP contribution in [0.5, 0.6) is 5.75 Å². The lowest BCUT2D eigenvalue weighted by atomic mass is 9.96. The number of amides is 1. The normalized spacial score (nSPS) is 13.5. The van der Waals surface area contributed by atoms with Gasteiger partial charge in [-0.25, -0.2) is 8.42 Å². The lowest BCUT2D eigenvalue weighted by Crippen LogP contribution is -2.48. The summed E-state index contributed by atoms with van der Waals surface area (Å²) < 4.78 is 31.5. The Bertz CT molecular complexity index is 954. The molecule has 31 heavy (non-hydrogen) atoms. The van der Waals surface area contributed by atoms with Gasteiger partial charge in [0.1, 0.15) is 11.8 Å².